The Labute approximate surface area is 120 Å². The summed E-state index contributed by atoms with van der Waals surface area (Å²) in [6.07, 6.45) is 0. The minimum Gasteiger partial charge on any atom is -0.477 e. The molecule has 0 radical (unpaired) electrons. The predicted molar refractivity (Wildman–Crippen MR) is 78.0 cm³/mol. The van der Waals surface area contributed by atoms with Crippen LogP contribution in [-0.2, 0) is 4.79 Å². The quantitative estimate of drug-likeness (QED) is 0.906. The number of nitrogens with one attached hydrogen (secondary N) is 1. The molecule has 0 saturated heterocycles. The largest absolute Gasteiger partial charge is 0.477 e. The monoisotopic (exact) mass is 290 g/mol. The summed E-state index contributed by atoms with van der Waals surface area (Å²) < 4.78 is 0. The van der Waals surface area contributed by atoms with Crippen LogP contribution >= 0.6 is 11.3 Å². The molecular weight excluding hydrogens is 276 g/mol. The SMILES string of the molecule is CC(C)C(=O)Nc1nc(-c2ccccc2)c(C(=O)O)s1. The zero-order chi connectivity index (χ0) is 14.7. The highest BCUT2D eigenvalue weighted by Crippen LogP contribution is 2.31. The number of rotatable bonds is 4. The molecule has 0 aliphatic carbocycles. The van der Waals surface area contributed by atoms with E-state index in [1.165, 1.54) is 0 Å². The summed E-state index contributed by atoms with van der Waals surface area (Å²) >= 11 is 0.966. The van der Waals surface area contributed by atoms with Crippen LogP contribution in [0, 0.1) is 5.92 Å². The van der Waals surface area contributed by atoms with Gasteiger partial charge in [0.05, 0.1) is 5.69 Å². The van der Waals surface area contributed by atoms with Crippen molar-refractivity contribution >= 4 is 28.3 Å². The van der Waals surface area contributed by atoms with Gasteiger partial charge in [0, 0.05) is 11.5 Å². The van der Waals surface area contributed by atoms with Crippen LogP contribution in [-0.4, -0.2) is 22.0 Å². The molecule has 0 aliphatic heterocycles. The summed E-state index contributed by atoms with van der Waals surface area (Å²) in [5.74, 6) is -1.42. The van der Waals surface area contributed by atoms with Gasteiger partial charge in [0.15, 0.2) is 5.13 Å². The van der Waals surface area contributed by atoms with Gasteiger partial charge in [-0.3, -0.25) is 4.79 Å². The van der Waals surface area contributed by atoms with Crippen LogP contribution in [0.15, 0.2) is 30.3 Å². The Morgan fingerprint density at radius 1 is 1.25 bits per heavy atom. The lowest BCUT2D eigenvalue weighted by atomic mass is 10.1. The molecule has 0 saturated carbocycles. The highest BCUT2D eigenvalue weighted by molar-refractivity contribution is 7.18. The second kappa shape index (κ2) is 5.83. The molecule has 6 heteroatoms. The first-order chi connectivity index (χ1) is 9.49. The Bertz CT molecular complexity index is 635. The molecule has 104 valence electrons. The van der Waals surface area contributed by atoms with Gasteiger partial charge in [0.1, 0.15) is 4.88 Å². The van der Waals surface area contributed by atoms with Crippen molar-refractivity contribution in [3.63, 3.8) is 0 Å². The number of hydrogen-bond acceptors (Lipinski definition) is 4. The molecule has 0 unspecified atom stereocenters. The molecule has 1 aromatic heterocycles. The van der Waals surface area contributed by atoms with Crippen LogP contribution in [0.25, 0.3) is 11.3 Å². The number of nitrogens with zero attached hydrogens (tertiary/aromatic N) is 1. The number of carbonyl (C=O) groups is 2. The van der Waals surface area contributed by atoms with Gasteiger partial charge in [0.25, 0.3) is 0 Å². The third kappa shape index (κ3) is 3.03. The summed E-state index contributed by atoms with van der Waals surface area (Å²) in [6, 6.07) is 9.04. The van der Waals surface area contributed by atoms with Gasteiger partial charge in [-0.1, -0.05) is 55.5 Å². The number of aromatic carboxylic acids is 1. The molecule has 20 heavy (non-hydrogen) atoms. The molecule has 0 fully saturated rings. The average molecular weight is 290 g/mol. The normalized spacial score (nSPS) is 10.6. The number of amides is 1. The molecule has 2 N–H and O–H groups in total. The van der Waals surface area contributed by atoms with E-state index in [2.05, 4.69) is 10.3 Å². The molecule has 0 aliphatic rings. The fourth-order valence-electron chi connectivity index (χ4n) is 1.56. The number of thiazole rings is 1. The predicted octanol–water partition coefficient (Wildman–Crippen LogP) is 3.10. The second-order valence-corrected chi connectivity index (χ2v) is 5.51. The van der Waals surface area contributed by atoms with Gasteiger partial charge in [-0.2, -0.15) is 0 Å². The maximum Gasteiger partial charge on any atom is 0.348 e. The maximum atomic E-state index is 11.6. The minimum absolute atomic E-state index is 0.121. The van der Waals surface area contributed by atoms with E-state index in [-0.39, 0.29) is 16.7 Å². The van der Waals surface area contributed by atoms with Crippen molar-refractivity contribution in [1.29, 1.82) is 0 Å². The van der Waals surface area contributed by atoms with Crippen LogP contribution in [0.5, 0.6) is 0 Å². The van der Waals surface area contributed by atoms with Crippen LogP contribution in [0.1, 0.15) is 23.5 Å². The highest BCUT2D eigenvalue weighted by atomic mass is 32.1. The van der Waals surface area contributed by atoms with Gasteiger partial charge < -0.3 is 10.4 Å². The third-order valence-corrected chi connectivity index (χ3v) is 3.58. The van der Waals surface area contributed by atoms with Crippen molar-refractivity contribution in [3.05, 3.63) is 35.2 Å². The molecule has 5 nitrogen and oxygen atoms in total. The van der Waals surface area contributed by atoms with Crippen molar-refractivity contribution in [3.8, 4) is 11.3 Å². The molecule has 0 atom stereocenters. The highest BCUT2D eigenvalue weighted by Gasteiger charge is 2.20. The fraction of sp³-hybridized carbons (Fsp3) is 0.214. The Balaban J connectivity index is 2.39. The van der Waals surface area contributed by atoms with Crippen LogP contribution in [0.4, 0.5) is 5.13 Å². The average Bonchev–Trinajstić information content (AvgIpc) is 2.83. The smallest absolute Gasteiger partial charge is 0.348 e. The van der Waals surface area contributed by atoms with Crippen LogP contribution in [0.3, 0.4) is 0 Å². The summed E-state index contributed by atoms with van der Waals surface area (Å²) in [6.45, 7) is 3.53. The number of carbonyl (C=O) groups excluding carboxylic acids is 1. The zero-order valence-electron chi connectivity index (χ0n) is 11.1. The first kappa shape index (κ1) is 14.2. The topological polar surface area (TPSA) is 79.3 Å². The second-order valence-electron chi connectivity index (χ2n) is 4.51. The molecule has 2 aromatic rings. The Kier molecular flexibility index (Phi) is 4.14. The molecule has 2 rings (SSSR count). The molecular formula is C14H14N2O3S. The molecule has 0 bridgehead atoms. The number of carboxylic acids is 1. The van der Waals surface area contributed by atoms with E-state index >= 15 is 0 Å². The number of anilines is 1. The van der Waals surface area contributed by atoms with Crippen molar-refractivity contribution in [2.45, 2.75) is 13.8 Å². The Morgan fingerprint density at radius 2 is 1.90 bits per heavy atom. The first-order valence-corrected chi connectivity index (χ1v) is 6.91. The Morgan fingerprint density at radius 3 is 2.45 bits per heavy atom. The van der Waals surface area contributed by atoms with Crippen molar-refractivity contribution in [1.82, 2.24) is 4.98 Å². The standard InChI is InChI=1S/C14H14N2O3S/c1-8(2)12(17)16-14-15-10(11(20-14)13(18)19)9-6-4-3-5-7-9/h3-8H,1-2H3,(H,18,19)(H,15,16,17). The molecule has 1 amide bonds. The summed E-state index contributed by atoms with van der Waals surface area (Å²) in [7, 11) is 0. The van der Waals surface area contributed by atoms with Crippen molar-refractivity contribution < 1.29 is 14.7 Å². The molecule has 1 heterocycles. The van der Waals surface area contributed by atoms with E-state index in [1.807, 2.05) is 18.2 Å². The van der Waals surface area contributed by atoms with E-state index in [0.717, 1.165) is 11.3 Å². The fourth-order valence-corrected chi connectivity index (χ4v) is 2.39. The van der Waals surface area contributed by atoms with Gasteiger partial charge in [-0.15, -0.1) is 0 Å². The lowest BCUT2D eigenvalue weighted by molar-refractivity contribution is -0.118. The van der Waals surface area contributed by atoms with Gasteiger partial charge in [0.2, 0.25) is 5.91 Å². The summed E-state index contributed by atoms with van der Waals surface area (Å²) in [5, 5.41) is 12.2. The van der Waals surface area contributed by atoms with Crippen LogP contribution in [0.2, 0.25) is 0 Å². The minimum atomic E-state index is -1.05. The first-order valence-electron chi connectivity index (χ1n) is 6.09. The van der Waals surface area contributed by atoms with Gasteiger partial charge >= 0.3 is 5.97 Å². The molecule has 0 spiro atoms. The van der Waals surface area contributed by atoms with E-state index in [9.17, 15) is 14.7 Å². The van der Waals surface area contributed by atoms with Gasteiger partial charge in [-0.25, -0.2) is 9.78 Å². The Hall–Kier alpha value is -2.21. The van der Waals surface area contributed by atoms with E-state index < -0.39 is 5.97 Å². The summed E-state index contributed by atoms with van der Waals surface area (Å²) in [5.41, 5.74) is 1.09. The lowest BCUT2D eigenvalue weighted by Crippen LogP contribution is -2.17. The van der Waals surface area contributed by atoms with Crippen molar-refractivity contribution in [2.75, 3.05) is 5.32 Å². The van der Waals surface area contributed by atoms with E-state index in [4.69, 9.17) is 0 Å². The van der Waals surface area contributed by atoms with Gasteiger partial charge in [-0.05, 0) is 0 Å². The number of carboxylic acid groups (broad SMARTS) is 1. The molecule has 1 aromatic carbocycles. The lowest BCUT2D eigenvalue weighted by Gasteiger charge is -2.03. The summed E-state index contributed by atoms with van der Waals surface area (Å²) in [4.78, 5) is 27.3. The number of hydrogen-bond donors (Lipinski definition) is 2. The third-order valence-electron chi connectivity index (χ3n) is 2.62. The van der Waals surface area contributed by atoms with Crippen molar-refractivity contribution in [2.24, 2.45) is 5.92 Å². The van der Waals surface area contributed by atoms with E-state index in [0.29, 0.717) is 16.4 Å². The maximum absolute atomic E-state index is 11.6. The zero-order valence-corrected chi connectivity index (χ0v) is 11.9. The van der Waals surface area contributed by atoms with E-state index in [1.54, 1.807) is 26.0 Å². The van der Waals surface area contributed by atoms with Crippen LogP contribution < -0.4 is 5.32 Å². The number of benzene rings is 1. The number of aromatic nitrogens is 1.